The quantitative estimate of drug-likeness (QED) is 0.713. The largest absolute Gasteiger partial charge is 0.493 e. The summed E-state index contributed by atoms with van der Waals surface area (Å²) in [5, 5.41) is 5.82. The Kier molecular flexibility index (Phi) is 5.61. The van der Waals surface area contributed by atoms with Crippen LogP contribution in [0.25, 0.3) is 0 Å². The molecule has 26 heavy (non-hydrogen) atoms. The Morgan fingerprint density at radius 1 is 1.15 bits per heavy atom. The topological polar surface area (TPSA) is 67.4 Å². The lowest BCUT2D eigenvalue weighted by Crippen LogP contribution is -2.16. The van der Waals surface area contributed by atoms with Crippen molar-refractivity contribution >= 4 is 39.1 Å². The number of rotatable bonds is 6. The molecule has 3 rings (SSSR count). The van der Waals surface area contributed by atoms with Crippen LogP contribution >= 0.6 is 15.9 Å². The lowest BCUT2D eigenvalue weighted by Gasteiger charge is -2.13. The smallest absolute Gasteiger partial charge is 0.259 e. The van der Waals surface area contributed by atoms with Crippen LogP contribution in [-0.4, -0.2) is 18.4 Å². The van der Waals surface area contributed by atoms with Crippen molar-refractivity contribution in [3.8, 4) is 5.75 Å². The number of carbonyl (C=O) groups excluding carboxylic acids is 2. The number of aryl methyl sites for hydroxylation is 1. The van der Waals surface area contributed by atoms with Gasteiger partial charge < -0.3 is 15.4 Å². The van der Waals surface area contributed by atoms with Crippen molar-refractivity contribution in [1.29, 1.82) is 0 Å². The van der Waals surface area contributed by atoms with Crippen molar-refractivity contribution < 1.29 is 14.3 Å². The van der Waals surface area contributed by atoms with E-state index in [1.165, 1.54) is 0 Å². The molecule has 0 radical (unpaired) electrons. The van der Waals surface area contributed by atoms with E-state index in [0.717, 1.165) is 28.6 Å². The van der Waals surface area contributed by atoms with Gasteiger partial charge >= 0.3 is 0 Å². The normalized spacial score (nSPS) is 13.2. The molecule has 1 saturated carbocycles. The number of hydrogen-bond acceptors (Lipinski definition) is 3. The first kappa shape index (κ1) is 18.5. The predicted molar refractivity (Wildman–Crippen MR) is 106 cm³/mol. The third-order valence-corrected chi connectivity index (χ3v) is 4.68. The monoisotopic (exact) mass is 416 g/mol. The average Bonchev–Trinajstić information content (AvgIpc) is 3.44. The highest BCUT2D eigenvalue weighted by Crippen LogP contribution is 2.31. The van der Waals surface area contributed by atoms with Crippen LogP contribution in [0, 0.1) is 12.8 Å². The third-order valence-electron chi connectivity index (χ3n) is 4.19. The van der Waals surface area contributed by atoms with Crippen LogP contribution in [0.1, 0.15) is 35.7 Å². The van der Waals surface area contributed by atoms with E-state index in [-0.39, 0.29) is 17.7 Å². The standard InChI is InChI=1S/C20H21BrN2O3/c1-3-26-18-9-7-14(21)10-16(18)20(25)22-15-8-4-12(2)17(11-15)23-19(24)13-5-6-13/h4,7-11,13H,3,5-6H2,1-2H3,(H,22,25)(H,23,24). The molecule has 136 valence electrons. The van der Waals surface area contributed by atoms with Crippen molar-refractivity contribution in [3.05, 3.63) is 52.0 Å². The summed E-state index contributed by atoms with van der Waals surface area (Å²) in [6.45, 7) is 4.28. The van der Waals surface area contributed by atoms with Crippen molar-refractivity contribution in [2.45, 2.75) is 26.7 Å². The van der Waals surface area contributed by atoms with Crippen molar-refractivity contribution in [2.75, 3.05) is 17.2 Å². The minimum absolute atomic E-state index is 0.0437. The molecule has 5 nitrogen and oxygen atoms in total. The maximum atomic E-state index is 12.7. The van der Waals surface area contributed by atoms with Gasteiger partial charge in [-0.05, 0) is 62.6 Å². The van der Waals surface area contributed by atoms with Gasteiger partial charge in [0.05, 0.1) is 12.2 Å². The highest BCUT2D eigenvalue weighted by molar-refractivity contribution is 9.10. The summed E-state index contributed by atoms with van der Waals surface area (Å²) in [5.74, 6) is 0.436. The fourth-order valence-corrected chi connectivity index (χ4v) is 2.94. The van der Waals surface area contributed by atoms with Gasteiger partial charge in [0.1, 0.15) is 5.75 Å². The van der Waals surface area contributed by atoms with E-state index in [0.29, 0.717) is 23.6 Å². The molecule has 0 aromatic heterocycles. The summed E-state index contributed by atoms with van der Waals surface area (Å²) in [6.07, 6.45) is 1.90. The second-order valence-corrected chi connectivity index (χ2v) is 7.24. The minimum atomic E-state index is -0.266. The summed E-state index contributed by atoms with van der Waals surface area (Å²) in [6, 6.07) is 10.8. The number of ether oxygens (including phenoxy) is 1. The maximum Gasteiger partial charge on any atom is 0.259 e. The SMILES string of the molecule is CCOc1ccc(Br)cc1C(=O)Nc1ccc(C)c(NC(=O)C2CC2)c1. The Morgan fingerprint density at radius 3 is 2.62 bits per heavy atom. The first-order valence-corrected chi connectivity index (χ1v) is 9.42. The highest BCUT2D eigenvalue weighted by Gasteiger charge is 2.29. The molecule has 0 aliphatic heterocycles. The van der Waals surface area contributed by atoms with E-state index in [2.05, 4.69) is 26.6 Å². The first-order chi connectivity index (χ1) is 12.5. The molecule has 2 aromatic rings. The molecule has 0 bridgehead atoms. The molecule has 1 aliphatic carbocycles. The van der Waals surface area contributed by atoms with E-state index < -0.39 is 0 Å². The number of carbonyl (C=O) groups is 2. The molecule has 1 fully saturated rings. The van der Waals surface area contributed by atoms with Crippen molar-refractivity contribution in [1.82, 2.24) is 0 Å². The Hall–Kier alpha value is -2.34. The van der Waals surface area contributed by atoms with Gasteiger partial charge in [0.25, 0.3) is 5.91 Å². The van der Waals surface area contributed by atoms with E-state index in [9.17, 15) is 9.59 Å². The predicted octanol–water partition coefficient (Wildman–Crippen LogP) is 4.76. The van der Waals surface area contributed by atoms with Crippen molar-refractivity contribution in [2.24, 2.45) is 5.92 Å². The van der Waals surface area contributed by atoms with Crippen LogP contribution in [0.2, 0.25) is 0 Å². The zero-order valence-electron chi connectivity index (χ0n) is 14.8. The van der Waals surface area contributed by atoms with Gasteiger partial charge in [0.2, 0.25) is 5.91 Å². The Morgan fingerprint density at radius 2 is 1.92 bits per heavy atom. The summed E-state index contributed by atoms with van der Waals surface area (Å²) >= 11 is 3.39. The molecule has 0 saturated heterocycles. The molecular weight excluding hydrogens is 396 g/mol. The highest BCUT2D eigenvalue weighted by atomic mass is 79.9. The summed E-state index contributed by atoms with van der Waals surface area (Å²) in [5.41, 5.74) is 2.74. The molecule has 1 aliphatic rings. The number of anilines is 2. The molecular formula is C20H21BrN2O3. The summed E-state index contributed by atoms with van der Waals surface area (Å²) in [7, 11) is 0. The van der Waals surface area contributed by atoms with Crippen LogP contribution in [0.5, 0.6) is 5.75 Å². The number of amides is 2. The molecule has 2 aromatic carbocycles. The second kappa shape index (κ2) is 7.91. The number of nitrogens with one attached hydrogen (secondary N) is 2. The van der Waals surface area contributed by atoms with Gasteiger partial charge in [0, 0.05) is 21.8 Å². The first-order valence-electron chi connectivity index (χ1n) is 8.63. The van der Waals surface area contributed by atoms with E-state index in [4.69, 9.17) is 4.74 Å². The van der Waals surface area contributed by atoms with E-state index >= 15 is 0 Å². The van der Waals surface area contributed by atoms with Crippen LogP contribution in [0.15, 0.2) is 40.9 Å². The number of benzene rings is 2. The van der Waals surface area contributed by atoms with Gasteiger partial charge in [-0.2, -0.15) is 0 Å². The summed E-state index contributed by atoms with van der Waals surface area (Å²) < 4.78 is 6.34. The van der Waals surface area contributed by atoms with Crippen LogP contribution < -0.4 is 15.4 Å². The maximum absolute atomic E-state index is 12.7. The summed E-state index contributed by atoms with van der Waals surface area (Å²) in [4.78, 5) is 24.7. The van der Waals surface area contributed by atoms with Crippen molar-refractivity contribution in [3.63, 3.8) is 0 Å². The second-order valence-electron chi connectivity index (χ2n) is 6.32. The van der Waals surface area contributed by atoms with E-state index in [1.54, 1.807) is 18.2 Å². The number of halogens is 1. The van der Waals surface area contributed by atoms with Gasteiger partial charge in [-0.15, -0.1) is 0 Å². The fraction of sp³-hybridized carbons (Fsp3) is 0.300. The third kappa shape index (κ3) is 4.43. The van der Waals surface area contributed by atoms with E-state index in [1.807, 2.05) is 32.0 Å². The lowest BCUT2D eigenvalue weighted by molar-refractivity contribution is -0.117. The Balaban J connectivity index is 1.79. The number of hydrogen-bond donors (Lipinski definition) is 2. The minimum Gasteiger partial charge on any atom is -0.493 e. The Labute approximate surface area is 161 Å². The zero-order chi connectivity index (χ0) is 18.7. The lowest BCUT2D eigenvalue weighted by atomic mass is 10.1. The molecule has 6 heteroatoms. The molecule has 0 unspecified atom stereocenters. The molecule has 0 heterocycles. The molecule has 0 atom stereocenters. The van der Waals surface area contributed by atoms with Crippen LogP contribution in [0.4, 0.5) is 11.4 Å². The molecule has 0 spiro atoms. The average molecular weight is 417 g/mol. The zero-order valence-corrected chi connectivity index (χ0v) is 16.4. The van der Waals surface area contributed by atoms with Gasteiger partial charge in [-0.3, -0.25) is 9.59 Å². The Bertz CT molecular complexity index is 847. The van der Waals surface area contributed by atoms with Gasteiger partial charge in [0.15, 0.2) is 0 Å². The van der Waals surface area contributed by atoms with Gasteiger partial charge in [-0.1, -0.05) is 22.0 Å². The van der Waals surface area contributed by atoms with Crippen LogP contribution in [-0.2, 0) is 4.79 Å². The van der Waals surface area contributed by atoms with Crippen LogP contribution in [0.3, 0.4) is 0 Å². The fourth-order valence-electron chi connectivity index (χ4n) is 2.57. The molecule has 2 amide bonds. The molecule has 2 N–H and O–H groups in total. The van der Waals surface area contributed by atoms with Gasteiger partial charge in [-0.25, -0.2) is 0 Å².